The molecule has 0 bridgehead atoms. The van der Waals surface area contributed by atoms with Crippen molar-refractivity contribution in [1.82, 2.24) is 0 Å². The molecule has 0 fully saturated rings. The van der Waals surface area contributed by atoms with Crippen LogP contribution in [0.15, 0.2) is 54.6 Å². The Balaban J connectivity index is 2.16. The maximum atomic E-state index is 10.5. The fourth-order valence-corrected chi connectivity index (χ4v) is 3.86. The van der Waals surface area contributed by atoms with Crippen molar-refractivity contribution in [3.05, 3.63) is 65.7 Å². The number of rotatable bonds is 0. The first-order valence-electron chi connectivity index (χ1n) is 7.49. The van der Waals surface area contributed by atoms with Gasteiger partial charge in [-0.1, -0.05) is 60.7 Å². The normalized spacial score (nSPS) is 21.0. The molecular formula is C20H14O2. The highest BCUT2D eigenvalue weighted by Crippen LogP contribution is 2.43. The lowest BCUT2D eigenvalue weighted by atomic mass is 9.82. The molecule has 0 saturated carbocycles. The smallest absolute Gasteiger partial charge is 0.110 e. The zero-order valence-corrected chi connectivity index (χ0v) is 11.8. The van der Waals surface area contributed by atoms with Gasteiger partial charge in [0.1, 0.15) is 12.2 Å². The number of hydrogen-bond acceptors (Lipinski definition) is 2. The summed E-state index contributed by atoms with van der Waals surface area (Å²) >= 11 is 0. The summed E-state index contributed by atoms with van der Waals surface area (Å²) in [7, 11) is 0. The van der Waals surface area contributed by atoms with Crippen molar-refractivity contribution in [2.75, 3.05) is 0 Å². The van der Waals surface area contributed by atoms with Gasteiger partial charge in [-0.3, -0.25) is 0 Å². The van der Waals surface area contributed by atoms with Crippen molar-refractivity contribution in [3.63, 3.8) is 0 Å². The van der Waals surface area contributed by atoms with E-state index in [1.165, 1.54) is 21.5 Å². The van der Waals surface area contributed by atoms with E-state index in [9.17, 15) is 10.2 Å². The molecular weight excluding hydrogens is 272 g/mol. The van der Waals surface area contributed by atoms with Crippen molar-refractivity contribution >= 4 is 38.4 Å². The monoisotopic (exact) mass is 286 g/mol. The van der Waals surface area contributed by atoms with Gasteiger partial charge >= 0.3 is 0 Å². The fraction of sp³-hybridized carbons (Fsp3) is 0.100. The van der Waals surface area contributed by atoms with E-state index < -0.39 is 12.2 Å². The Bertz CT molecular complexity index is 1060. The number of aliphatic hydroxyl groups excluding tert-OH is 2. The molecule has 0 radical (unpaired) electrons. The molecule has 1 aliphatic rings. The third-order valence-corrected chi connectivity index (χ3v) is 4.84. The predicted molar refractivity (Wildman–Crippen MR) is 90.1 cm³/mol. The van der Waals surface area contributed by atoms with Crippen LogP contribution in [0.1, 0.15) is 17.2 Å². The second kappa shape index (κ2) is 4.07. The summed E-state index contributed by atoms with van der Waals surface area (Å²) in [5, 5.41) is 27.6. The van der Waals surface area contributed by atoms with E-state index in [0.717, 1.165) is 21.9 Å². The Morgan fingerprint density at radius 3 is 2.09 bits per heavy atom. The Kier molecular flexibility index (Phi) is 2.25. The molecule has 0 amide bonds. The molecule has 2 heteroatoms. The fourth-order valence-electron chi connectivity index (χ4n) is 3.86. The van der Waals surface area contributed by atoms with Crippen LogP contribution in [0.5, 0.6) is 0 Å². The first kappa shape index (κ1) is 12.2. The summed E-state index contributed by atoms with van der Waals surface area (Å²) < 4.78 is 0. The van der Waals surface area contributed by atoms with Crippen LogP contribution in [-0.4, -0.2) is 16.3 Å². The Labute approximate surface area is 127 Å². The van der Waals surface area contributed by atoms with Crippen LogP contribution in [0.25, 0.3) is 38.4 Å². The highest BCUT2D eigenvalue weighted by molar-refractivity contribution is 6.25. The average molecular weight is 286 g/mol. The zero-order chi connectivity index (χ0) is 14.8. The van der Waals surface area contributed by atoms with Gasteiger partial charge in [-0.2, -0.15) is 0 Å². The maximum Gasteiger partial charge on any atom is 0.110 e. The van der Waals surface area contributed by atoms with Gasteiger partial charge in [-0.15, -0.1) is 0 Å². The van der Waals surface area contributed by atoms with Crippen LogP contribution < -0.4 is 0 Å². The quantitative estimate of drug-likeness (QED) is 0.480. The van der Waals surface area contributed by atoms with Crippen LogP contribution in [0, 0.1) is 0 Å². The molecule has 106 valence electrons. The SMILES string of the molecule is O[C@@H]1C=Cc2c(c3cccc4ccc5cccc2c5c43)[C@H]1O. The highest BCUT2D eigenvalue weighted by Gasteiger charge is 2.27. The number of benzene rings is 4. The Morgan fingerprint density at radius 2 is 1.36 bits per heavy atom. The molecule has 0 saturated heterocycles. The summed E-state index contributed by atoms with van der Waals surface area (Å²) in [6.45, 7) is 0. The van der Waals surface area contributed by atoms with Gasteiger partial charge in [0.25, 0.3) is 0 Å². The number of aliphatic hydroxyl groups is 2. The van der Waals surface area contributed by atoms with Gasteiger partial charge in [0.2, 0.25) is 0 Å². The molecule has 5 rings (SSSR count). The number of hydrogen-bond donors (Lipinski definition) is 2. The standard InChI is InChI=1S/C20H14O2/c21-16-10-9-14-13-5-1-3-11-7-8-12-4-2-6-15(18(12)17(11)13)19(14)20(16)22/h1-10,16,20-22H/t16-,20+/m1/s1. The molecule has 0 heterocycles. The summed E-state index contributed by atoms with van der Waals surface area (Å²) in [6.07, 6.45) is 1.89. The molecule has 0 unspecified atom stereocenters. The molecule has 2 atom stereocenters. The molecule has 0 spiro atoms. The van der Waals surface area contributed by atoms with Crippen molar-refractivity contribution in [1.29, 1.82) is 0 Å². The van der Waals surface area contributed by atoms with E-state index in [2.05, 4.69) is 30.3 Å². The highest BCUT2D eigenvalue weighted by atomic mass is 16.3. The molecule has 4 aromatic carbocycles. The lowest BCUT2D eigenvalue weighted by Crippen LogP contribution is -2.20. The molecule has 22 heavy (non-hydrogen) atoms. The zero-order valence-electron chi connectivity index (χ0n) is 11.8. The molecule has 4 aromatic rings. The van der Waals surface area contributed by atoms with Gasteiger partial charge in [0.15, 0.2) is 0 Å². The van der Waals surface area contributed by atoms with Crippen molar-refractivity contribution in [2.45, 2.75) is 12.2 Å². The van der Waals surface area contributed by atoms with Crippen molar-refractivity contribution in [3.8, 4) is 0 Å². The van der Waals surface area contributed by atoms with Crippen LogP contribution in [0.2, 0.25) is 0 Å². The Morgan fingerprint density at radius 1 is 0.727 bits per heavy atom. The minimum Gasteiger partial charge on any atom is -0.386 e. The summed E-state index contributed by atoms with van der Waals surface area (Å²) in [5.74, 6) is 0. The van der Waals surface area contributed by atoms with Crippen LogP contribution in [-0.2, 0) is 0 Å². The topological polar surface area (TPSA) is 40.5 Å². The van der Waals surface area contributed by atoms with Gasteiger partial charge in [-0.25, -0.2) is 0 Å². The summed E-state index contributed by atoms with van der Waals surface area (Å²) in [4.78, 5) is 0. The van der Waals surface area contributed by atoms with E-state index in [1.807, 2.05) is 24.3 Å². The third kappa shape index (κ3) is 1.36. The van der Waals surface area contributed by atoms with Crippen LogP contribution >= 0.6 is 0 Å². The average Bonchev–Trinajstić information content (AvgIpc) is 2.56. The van der Waals surface area contributed by atoms with Gasteiger partial charge < -0.3 is 10.2 Å². The lowest BCUT2D eigenvalue weighted by Gasteiger charge is -2.26. The third-order valence-electron chi connectivity index (χ3n) is 4.84. The van der Waals surface area contributed by atoms with Gasteiger partial charge in [0, 0.05) is 0 Å². The summed E-state index contributed by atoms with van der Waals surface area (Å²) in [6, 6.07) is 16.7. The van der Waals surface area contributed by atoms with Crippen LogP contribution in [0.3, 0.4) is 0 Å². The van der Waals surface area contributed by atoms with E-state index in [-0.39, 0.29) is 0 Å². The second-order valence-corrected chi connectivity index (χ2v) is 5.99. The van der Waals surface area contributed by atoms with Crippen molar-refractivity contribution < 1.29 is 10.2 Å². The molecule has 0 aromatic heterocycles. The molecule has 1 aliphatic carbocycles. The van der Waals surface area contributed by atoms with E-state index in [1.54, 1.807) is 6.08 Å². The minimum atomic E-state index is -0.880. The summed E-state index contributed by atoms with van der Waals surface area (Å²) in [5.41, 5.74) is 1.86. The van der Waals surface area contributed by atoms with E-state index in [0.29, 0.717) is 0 Å². The van der Waals surface area contributed by atoms with E-state index in [4.69, 9.17) is 0 Å². The molecule has 0 aliphatic heterocycles. The van der Waals surface area contributed by atoms with Gasteiger partial charge in [-0.05, 0) is 43.4 Å². The van der Waals surface area contributed by atoms with Gasteiger partial charge in [0.05, 0.1) is 0 Å². The predicted octanol–water partition coefficient (Wildman–Crippen LogP) is 4.01. The van der Waals surface area contributed by atoms with E-state index >= 15 is 0 Å². The minimum absolute atomic E-state index is 0.840. The molecule has 2 N–H and O–H groups in total. The lowest BCUT2D eigenvalue weighted by molar-refractivity contribution is 0.0481. The Hall–Kier alpha value is -2.42. The second-order valence-electron chi connectivity index (χ2n) is 5.99. The molecule has 2 nitrogen and oxygen atoms in total. The largest absolute Gasteiger partial charge is 0.386 e. The first-order chi connectivity index (χ1) is 10.8. The first-order valence-corrected chi connectivity index (χ1v) is 7.49. The van der Waals surface area contributed by atoms with Crippen LogP contribution in [0.4, 0.5) is 0 Å². The van der Waals surface area contributed by atoms with Crippen molar-refractivity contribution in [2.24, 2.45) is 0 Å². The maximum absolute atomic E-state index is 10.5. The number of fused-ring (bicyclic) bond motifs is 3.